The van der Waals surface area contributed by atoms with Gasteiger partial charge in [-0.3, -0.25) is 0 Å². The molecular formula is C15H29N. The van der Waals surface area contributed by atoms with Crippen molar-refractivity contribution in [1.29, 1.82) is 0 Å². The highest BCUT2D eigenvalue weighted by Crippen LogP contribution is 2.42. The van der Waals surface area contributed by atoms with Crippen molar-refractivity contribution in [2.45, 2.75) is 83.1 Å². The van der Waals surface area contributed by atoms with Gasteiger partial charge in [-0.25, -0.2) is 0 Å². The summed E-state index contributed by atoms with van der Waals surface area (Å²) in [6.07, 6.45) is 15.3. The predicted octanol–water partition coefficient (Wildman–Crippen LogP) is 4.25. The molecule has 0 aromatic rings. The molecule has 1 atom stereocenters. The maximum Gasteiger partial charge on any atom is 0.0159 e. The van der Waals surface area contributed by atoms with Crippen LogP contribution in [0.15, 0.2) is 0 Å². The van der Waals surface area contributed by atoms with E-state index < -0.39 is 0 Å². The third kappa shape index (κ3) is 3.76. The maximum absolute atomic E-state index is 6.69. The molecule has 1 nitrogen and oxygen atoms in total. The van der Waals surface area contributed by atoms with Gasteiger partial charge in [0.15, 0.2) is 0 Å². The Balaban J connectivity index is 1.77. The molecule has 0 radical (unpaired) electrons. The molecule has 0 amide bonds. The highest BCUT2D eigenvalue weighted by molar-refractivity contribution is 4.93. The largest absolute Gasteiger partial charge is 0.325 e. The molecule has 2 aliphatic rings. The van der Waals surface area contributed by atoms with Crippen molar-refractivity contribution in [2.24, 2.45) is 17.6 Å². The van der Waals surface area contributed by atoms with E-state index in [1.165, 1.54) is 70.6 Å². The van der Waals surface area contributed by atoms with Crippen LogP contribution in [0.2, 0.25) is 0 Å². The molecule has 0 saturated heterocycles. The first-order valence-corrected chi connectivity index (χ1v) is 7.51. The quantitative estimate of drug-likeness (QED) is 0.611. The first-order valence-electron chi connectivity index (χ1n) is 7.51. The Morgan fingerprint density at radius 2 is 1.62 bits per heavy atom. The molecule has 2 saturated carbocycles. The van der Waals surface area contributed by atoms with E-state index in [1.807, 2.05) is 0 Å². The van der Waals surface area contributed by atoms with Gasteiger partial charge in [0.25, 0.3) is 0 Å². The van der Waals surface area contributed by atoms with Gasteiger partial charge < -0.3 is 5.73 Å². The van der Waals surface area contributed by atoms with Crippen LogP contribution in [0.4, 0.5) is 0 Å². The fourth-order valence-corrected chi connectivity index (χ4v) is 3.18. The minimum Gasteiger partial charge on any atom is -0.325 e. The van der Waals surface area contributed by atoms with E-state index >= 15 is 0 Å². The Bertz CT molecular complexity index is 205. The van der Waals surface area contributed by atoms with Crippen molar-refractivity contribution >= 4 is 0 Å². The van der Waals surface area contributed by atoms with E-state index in [-0.39, 0.29) is 5.54 Å². The van der Waals surface area contributed by atoms with E-state index in [0.29, 0.717) is 0 Å². The average Bonchev–Trinajstić information content (AvgIpc) is 2.96. The van der Waals surface area contributed by atoms with Crippen LogP contribution in [0.5, 0.6) is 0 Å². The molecule has 2 fully saturated rings. The summed E-state index contributed by atoms with van der Waals surface area (Å²) in [5, 5.41) is 0. The number of rotatable bonds is 8. The zero-order chi connectivity index (χ0) is 11.4. The van der Waals surface area contributed by atoms with Crippen LogP contribution in [0.1, 0.15) is 77.6 Å². The van der Waals surface area contributed by atoms with E-state index in [2.05, 4.69) is 6.92 Å². The second-order valence-corrected chi connectivity index (χ2v) is 6.47. The Morgan fingerprint density at radius 1 is 1.00 bits per heavy atom. The van der Waals surface area contributed by atoms with Gasteiger partial charge in [0.2, 0.25) is 0 Å². The van der Waals surface area contributed by atoms with Crippen LogP contribution in [0.3, 0.4) is 0 Å². The van der Waals surface area contributed by atoms with E-state index in [1.54, 1.807) is 0 Å². The fraction of sp³-hybridized carbons (Fsp3) is 1.00. The van der Waals surface area contributed by atoms with Crippen LogP contribution in [0, 0.1) is 11.8 Å². The normalized spacial score (nSPS) is 25.1. The second kappa shape index (κ2) is 5.53. The smallest absolute Gasteiger partial charge is 0.0159 e. The van der Waals surface area contributed by atoms with Gasteiger partial charge >= 0.3 is 0 Å². The van der Waals surface area contributed by atoms with E-state index in [9.17, 15) is 0 Å². The zero-order valence-corrected chi connectivity index (χ0v) is 11.0. The van der Waals surface area contributed by atoms with Crippen molar-refractivity contribution in [2.75, 3.05) is 0 Å². The minimum absolute atomic E-state index is 0.210. The lowest BCUT2D eigenvalue weighted by Crippen LogP contribution is -2.43. The van der Waals surface area contributed by atoms with Gasteiger partial charge in [-0.2, -0.15) is 0 Å². The summed E-state index contributed by atoms with van der Waals surface area (Å²) < 4.78 is 0. The third-order valence-corrected chi connectivity index (χ3v) is 4.59. The van der Waals surface area contributed by atoms with E-state index in [4.69, 9.17) is 5.73 Å². The lowest BCUT2D eigenvalue weighted by Gasteiger charge is -2.37. The molecule has 2 aliphatic carbocycles. The molecule has 94 valence electrons. The van der Waals surface area contributed by atoms with Gasteiger partial charge in [-0.15, -0.1) is 0 Å². The molecule has 0 spiro atoms. The van der Waals surface area contributed by atoms with Crippen molar-refractivity contribution in [3.05, 3.63) is 0 Å². The zero-order valence-electron chi connectivity index (χ0n) is 11.0. The highest BCUT2D eigenvalue weighted by atomic mass is 14.7. The van der Waals surface area contributed by atoms with Crippen molar-refractivity contribution in [3.63, 3.8) is 0 Å². The van der Waals surface area contributed by atoms with Crippen molar-refractivity contribution < 1.29 is 0 Å². The average molecular weight is 223 g/mol. The van der Waals surface area contributed by atoms with Gasteiger partial charge in [0, 0.05) is 5.54 Å². The van der Waals surface area contributed by atoms with Crippen molar-refractivity contribution in [1.82, 2.24) is 0 Å². The van der Waals surface area contributed by atoms with Crippen LogP contribution in [-0.4, -0.2) is 5.54 Å². The van der Waals surface area contributed by atoms with Crippen LogP contribution in [-0.2, 0) is 0 Å². The molecule has 1 heteroatoms. The molecule has 0 aromatic heterocycles. The highest BCUT2D eigenvalue weighted by Gasteiger charge is 2.36. The fourth-order valence-electron chi connectivity index (χ4n) is 3.18. The summed E-state index contributed by atoms with van der Waals surface area (Å²) in [5.41, 5.74) is 6.90. The topological polar surface area (TPSA) is 26.0 Å². The SMILES string of the molecule is CCCCCC(N)(CC1CCC1)CC1CC1. The predicted molar refractivity (Wildman–Crippen MR) is 70.4 cm³/mol. The molecule has 2 rings (SSSR count). The Kier molecular flexibility index (Phi) is 4.29. The summed E-state index contributed by atoms with van der Waals surface area (Å²) >= 11 is 0. The van der Waals surface area contributed by atoms with E-state index in [0.717, 1.165) is 11.8 Å². The van der Waals surface area contributed by atoms with Gasteiger partial charge in [0.1, 0.15) is 0 Å². The van der Waals surface area contributed by atoms with Crippen LogP contribution in [0.25, 0.3) is 0 Å². The third-order valence-electron chi connectivity index (χ3n) is 4.59. The lowest BCUT2D eigenvalue weighted by atomic mass is 9.72. The monoisotopic (exact) mass is 223 g/mol. The Morgan fingerprint density at radius 3 is 2.06 bits per heavy atom. The van der Waals surface area contributed by atoms with Crippen LogP contribution < -0.4 is 5.73 Å². The van der Waals surface area contributed by atoms with Gasteiger partial charge in [0.05, 0.1) is 0 Å². The van der Waals surface area contributed by atoms with Gasteiger partial charge in [-0.05, 0) is 31.1 Å². The first-order chi connectivity index (χ1) is 7.72. The molecular weight excluding hydrogens is 194 g/mol. The molecule has 0 bridgehead atoms. The Hall–Kier alpha value is -0.0400. The molecule has 2 N–H and O–H groups in total. The summed E-state index contributed by atoms with van der Waals surface area (Å²) in [6, 6.07) is 0. The molecule has 1 unspecified atom stereocenters. The molecule has 16 heavy (non-hydrogen) atoms. The number of unbranched alkanes of at least 4 members (excludes halogenated alkanes) is 2. The molecule has 0 aromatic carbocycles. The number of hydrogen-bond donors (Lipinski definition) is 1. The van der Waals surface area contributed by atoms with Gasteiger partial charge in [-0.1, -0.05) is 58.3 Å². The first kappa shape index (κ1) is 12.4. The van der Waals surface area contributed by atoms with Crippen LogP contribution >= 0.6 is 0 Å². The lowest BCUT2D eigenvalue weighted by molar-refractivity contribution is 0.197. The summed E-state index contributed by atoms with van der Waals surface area (Å²) in [5.74, 6) is 1.97. The summed E-state index contributed by atoms with van der Waals surface area (Å²) in [4.78, 5) is 0. The minimum atomic E-state index is 0.210. The molecule has 0 heterocycles. The Labute approximate surface area is 101 Å². The standard InChI is InChI=1S/C15H29N/c1-2-3-4-10-15(16,12-14-8-9-14)11-13-6-5-7-13/h13-14H,2-12,16H2,1H3. The number of nitrogens with two attached hydrogens (primary N) is 1. The maximum atomic E-state index is 6.69. The summed E-state index contributed by atoms with van der Waals surface area (Å²) in [7, 11) is 0. The molecule has 0 aliphatic heterocycles. The van der Waals surface area contributed by atoms with Crippen molar-refractivity contribution in [3.8, 4) is 0 Å². The number of hydrogen-bond acceptors (Lipinski definition) is 1. The second-order valence-electron chi connectivity index (χ2n) is 6.47. The summed E-state index contributed by atoms with van der Waals surface area (Å²) in [6.45, 7) is 2.28.